The van der Waals surface area contributed by atoms with Gasteiger partial charge in [-0.25, -0.2) is 9.97 Å². The summed E-state index contributed by atoms with van der Waals surface area (Å²) < 4.78 is 0. The lowest BCUT2D eigenvalue weighted by Gasteiger charge is -2.35. The fourth-order valence-electron chi connectivity index (χ4n) is 2.45. The van der Waals surface area contributed by atoms with E-state index in [1.54, 1.807) is 0 Å². The number of nitro groups is 1. The lowest BCUT2D eigenvalue weighted by molar-refractivity contribution is -0.383. The molecule has 1 aliphatic heterocycles. The normalized spacial score (nSPS) is 16.6. The Hall–Kier alpha value is -1.96. The number of hydrogen-bond acceptors (Lipinski definition) is 7. The number of aromatic nitrogens is 2. The van der Waals surface area contributed by atoms with Gasteiger partial charge in [0.1, 0.15) is 6.33 Å². The molecule has 1 fully saturated rings. The number of hydrogen-bond donors (Lipinski definition) is 1. The summed E-state index contributed by atoms with van der Waals surface area (Å²) >= 11 is 0. The summed E-state index contributed by atoms with van der Waals surface area (Å²) in [6.07, 6.45) is 1.28. The molecule has 8 nitrogen and oxygen atoms in total. The highest BCUT2D eigenvalue weighted by molar-refractivity contribution is 5.68. The zero-order valence-corrected chi connectivity index (χ0v) is 11.8. The first-order valence-electron chi connectivity index (χ1n) is 6.71. The number of anilines is 2. The Balaban J connectivity index is 2.11. The predicted molar refractivity (Wildman–Crippen MR) is 76.6 cm³/mol. The van der Waals surface area contributed by atoms with E-state index in [1.807, 2.05) is 4.90 Å². The number of nitrogens with two attached hydrogens (primary N) is 1. The van der Waals surface area contributed by atoms with Gasteiger partial charge in [0.25, 0.3) is 0 Å². The molecule has 1 aromatic heterocycles. The van der Waals surface area contributed by atoms with Gasteiger partial charge in [-0.15, -0.1) is 0 Å². The summed E-state index contributed by atoms with van der Waals surface area (Å²) in [6, 6.07) is 0. The summed E-state index contributed by atoms with van der Waals surface area (Å²) in [5, 5.41) is 11.1. The highest BCUT2D eigenvalue weighted by Gasteiger charge is 2.28. The van der Waals surface area contributed by atoms with Crippen LogP contribution in [0.1, 0.15) is 13.8 Å². The van der Waals surface area contributed by atoms with Crippen LogP contribution in [0.5, 0.6) is 0 Å². The molecule has 0 radical (unpaired) electrons. The van der Waals surface area contributed by atoms with E-state index in [9.17, 15) is 10.1 Å². The molecular formula is C12H20N6O2. The van der Waals surface area contributed by atoms with Crippen LogP contribution in [-0.4, -0.2) is 52.5 Å². The highest BCUT2D eigenvalue weighted by atomic mass is 16.6. The van der Waals surface area contributed by atoms with Crippen LogP contribution in [0.3, 0.4) is 0 Å². The molecule has 0 aromatic carbocycles. The molecule has 1 aromatic rings. The molecular weight excluding hydrogens is 260 g/mol. The minimum absolute atomic E-state index is 0.0791. The van der Waals surface area contributed by atoms with Crippen molar-refractivity contribution in [3.8, 4) is 0 Å². The summed E-state index contributed by atoms with van der Waals surface area (Å²) in [5.74, 6) is 0.863. The average molecular weight is 280 g/mol. The Morgan fingerprint density at radius 2 is 2.00 bits per heavy atom. The lowest BCUT2D eigenvalue weighted by Crippen LogP contribution is -2.47. The Morgan fingerprint density at radius 1 is 1.35 bits per heavy atom. The van der Waals surface area contributed by atoms with E-state index in [4.69, 9.17) is 5.73 Å². The van der Waals surface area contributed by atoms with Gasteiger partial charge in [0, 0.05) is 32.7 Å². The summed E-state index contributed by atoms with van der Waals surface area (Å²) in [4.78, 5) is 22.6. The van der Waals surface area contributed by atoms with E-state index in [2.05, 4.69) is 28.7 Å². The van der Waals surface area contributed by atoms with Gasteiger partial charge in [-0.2, -0.15) is 0 Å². The maximum absolute atomic E-state index is 11.1. The van der Waals surface area contributed by atoms with Crippen LogP contribution in [0.15, 0.2) is 6.33 Å². The molecule has 110 valence electrons. The van der Waals surface area contributed by atoms with Crippen molar-refractivity contribution < 1.29 is 4.92 Å². The monoisotopic (exact) mass is 280 g/mol. The van der Waals surface area contributed by atoms with Gasteiger partial charge in [0.15, 0.2) is 0 Å². The van der Waals surface area contributed by atoms with Crippen molar-refractivity contribution in [2.75, 3.05) is 43.4 Å². The third kappa shape index (κ3) is 3.13. The lowest BCUT2D eigenvalue weighted by atomic mass is 10.2. The third-order valence-corrected chi connectivity index (χ3v) is 3.31. The van der Waals surface area contributed by atoms with E-state index in [1.165, 1.54) is 6.33 Å². The fraction of sp³-hybridized carbons (Fsp3) is 0.667. The quantitative estimate of drug-likeness (QED) is 0.641. The number of nitrogen functional groups attached to an aromatic ring is 1. The van der Waals surface area contributed by atoms with E-state index in [0.29, 0.717) is 24.8 Å². The molecule has 0 spiro atoms. The van der Waals surface area contributed by atoms with Gasteiger partial charge in [-0.3, -0.25) is 15.0 Å². The van der Waals surface area contributed by atoms with Crippen LogP contribution in [-0.2, 0) is 0 Å². The fourth-order valence-corrected chi connectivity index (χ4v) is 2.45. The van der Waals surface area contributed by atoms with E-state index < -0.39 is 4.92 Å². The smallest absolute Gasteiger partial charge is 0.353 e. The van der Waals surface area contributed by atoms with Gasteiger partial charge in [0.05, 0.1) is 4.92 Å². The molecule has 0 amide bonds. The summed E-state index contributed by atoms with van der Waals surface area (Å²) in [6.45, 7) is 8.58. The Kier molecular flexibility index (Phi) is 4.33. The number of piperazine rings is 1. The Bertz CT molecular complexity index is 485. The van der Waals surface area contributed by atoms with Crippen LogP contribution in [0.2, 0.25) is 0 Å². The molecule has 0 aliphatic carbocycles. The van der Waals surface area contributed by atoms with Crippen LogP contribution in [0, 0.1) is 16.0 Å². The summed E-state index contributed by atoms with van der Waals surface area (Å²) in [5.41, 5.74) is 5.40. The molecule has 1 aliphatic rings. The largest absolute Gasteiger partial charge is 0.378 e. The maximum Gasteiger partial charge on any atom is 0.353 e. The molecule has 0 unspecified atom stereocenters. The molecule has 2 rings (SSSR count). The molecule has 2 N–H and O–H groups in total. The minimum atomic E-state index is -0.509. The molecule has 0 bridgehead atoms. The van der Waals surface area contributed by atoms with E-state index in [-0.39, 0.29) is 11.5 Å². The zero-order chi connectivity index (χ0) is 14.7. The molecule has 0 saturated carbocycles. The van der Waals surface area contributed by atoms with Gasteiger partial charge in [-0.1, -0.05) is 13.8 Å². The van der Waals surface area contributed by atoms with Gasteiger partial charge >= 0.3 is 5.69 Å². The SMILES string of the molecule is CC(C)CN1CCN(c2ncnc(N)c2[N+](=O)[O-])CC1. The Labute approximate surface area is 117 Å². The average Bonchev–Trinajstić information content (AvgIpc) is 2.38. The van der Waals surface area contributed by atoms with Crippen LogP contribution in [0.4, 0.5) is 17.3 Å². The van der Waals surface area contributed by atoms with Crippen molar-refractivity contribution >= 4 is 17.3 Å². The third-order valence-electron chi connectivity index (χ3n) is 3.31. The van der Waals surface area contributed by atoms with Gasteiger partial charge in [-0.05, 0) is 5.92 Å². The van der Waals surface area contributed by atoms with Crippen LogP contribution in [0.25, 0.3) is 0 Å². The molecule has 0 atom stereocenters. The predicted octanol–water partition coefficient (Wildman–Crippen LogP) is 0.745. The van der Waals surface area contributed by atoms with Crippen molar-refractivity contribution in [3.05, 3.63) is 16.4 Å². The maximum atomic E-state index is 11.1. The second-order valence-corrected chi connectivity index (χ2v) is 5.37. The van der Waals surface area contributed by atoms with Crippen molar-refractivity contribution in [1.82, 2.24) is 14.9 Å². The van der Waals surface area contributed by atoms with Crippen molar-refractivity contribution in [2.24, 2.45) is 5.92 Å². The van der Waals surface area contributed by atoms with Crippen molar-refractivity contribution in [1.29, 1.82) is 0 Å². The van der Waals surface area contributed by atoms with Crippen LogP contribution < -0.4 is 10.6 Å². The second kappa shape index (κ2) is 6.00. The minimum Gasteiger partial charge on any atom is -0.378 e. The number of rotatable bonds is 4. The molecule has 1 saturated heterocycles. The standard InChI is InChI=1S/C12H20N6O2/c1-9(2)7-16-3-5-17(6-4-16)12-10(18(19)20)11(13)14-8-15-12/h8-9H,3-7H2,1-2H3,(H2,13,14,15). The van der Waals surface area contributed by atoms with Gasteiger partial charge < -0.3 is 10.6 Å². The van der Waals surface area contributed by atoms with Gasteiger partial charge in [0.2, 0.25) is 11.6 Å². The highest BCUT2D eigenvalue weighted by Crippen LogP contribution is 2.30. The first-order chi connectivity index (χ1) is 9.49. The zero-order valence-electron chi connectivity index (χ0n) is 11.8. The molecule has 20 heavy (non-hydrogen) atoms. The van der Waals surface area contributed by atoms with E-state index in [0.717, 1.165) is 19.6 Å². The van der Waals surface area contributed by atoms with E-state index >= 15 is 0 Å². The first kappa shape index (κ1) is 14.4. The van der Waals surface area contributed by atoms with Crippen molar-refractivity contribution in [2.45, 2.75) is 13.8 Å². The second-order valence-electron chi connectivity index (χ2n) is 5.37. The first-order valence-corrected chi connectivity index (χ1v) is 6.71. The Morgan fingerprint density at radius 3 is 2.55 bits per heavy atom. The topological polar surface area (TPSA) is 101 Å². The van der Waals surface area contributed by atoms with Crippen molar-refractivity contribution in [3.63, 3.8) is 0 Å². The summed E-state index contributed by atoms with van der Waals surface area (Å²) in [7, 11) is 0. The molecule has 2 heterocycles. The van der Waals surface area contributed by atoms with Crippen LogP contribution >= 0.6 is 0 Å². The molecule has 8 heteroatoms. The number of nitrogens with zero attached hydrogens (tertiary/aromatic N) is 5.